The predicted octanol–water partition coefficient (Wildman–Crippen LogP) is 1.17. The van der Waals surface area contributed by atoms with E-state index in [-0.39, 0.29) is 10.5 Å². The van der Waals surface area contributed by atoms with Crippen LogP contribution in [0, 0.1) is 11.8 Å². The number of carboxylic acid groups (broad SMARTS) is 1. The molecule has 0 aliphatic carbocycles. The van der Waals surface area contributed by atoms with Crippen LogP contribution >= 0.6 is 0 Å². The lowest BCUT2D eigenvalue weighted by Crippen LogP contribution is -2.42. The van der Waals surface area contributed by atoms with Gasteiger partial charge in [-0.2, -0.15) is 4.31 Å². The van der Waals surface area contributed by atoms with Gasteiger partial charge in [0.25, 0.3) is 5.91 Å². The highest BCUT2D eigenvalue weighted by molar-refractivity contribution is 7.89. The molecule has 0 radical (unpaired) electrons. The Morgan fingerprint density at radius 1 is 1.17 bits per heavy atom. The van der Waals surface area contributed by atoms with E-state index in [9.17, 15) is 18.0 Å². The van der Waals surface area contributed by atoms with Gasteiger partial charge in [0, 0.05) is 18.7 Å². The zero-order valence-electron chi connectivity index (χ0n) is 13.7. The summed E-state index contributed by atoms with van der Waals surface area (Å²) in [6.45, 7) is 4.58. The van der Waals surface area contributed by atoms with Crippen LogP contribution in [0.3, 0.4) is 0 Å². The second-order valence-corrected chi connectivity index (χ2v) is 8.31. The molecule has 0 bridgehead atoms. The lowest BCUT2D eigenvalue weighted by Gasteiger charge is -2.34. The van der Waals surface area contributed by atoms with E-state index >= 15 is 0 Å². The number of carbonyl (C=O) groups excluding carboxylic acids is 1. The van der Waals surface area contributed by atoms with E-state index in [0.717, 1.165) is 6.42 Å². The lowest BCUT2D eigenvalue weighted by molar-refractivity contribution is -0.135. The minimum atomic E-state index is -3.59. The number of nitrogens with one attached hydrogen (secondary N) is 1. The fourth-order valence-corrected chi connectivity index (χ4v) is 4.67. The molecule has 1 aliphatic heterocycles. The Morgan fingerprint density at radius 2 is 1.71 bits per heavy atom. The highest BCUT2D eigenvalue weighted by atomic mass is 32.2. The van der Waals surface area contributed by atoms with Gasteiger partial charge in [-0.15, -0.1) is 0 Å². The Balaban J connectivity index is 2.14. The number of nitrogens with zero attached hydrogens (tertiary/aromatic N) is 1. The van der Waals surface area contributed by atoms with Crippen LogP contribution in [0.2, 0.25) is 0 Å². The predicted molar refractivity (Wildman–Crippen MR) is 88.1 cm³/mol. The number of aliphatic carboxylic acids is 1. The number of benzene rings is 1. The molecule has 1 fully saturated rings. The van der Waals surface area contributed by atoms with Crippen molar-refractivity contribution in [2.75, 3.05) is 19.6 Å². The molecule has 1 heterocycles. The molecule has 7 nitrogen and oxygen atoms in total. The molecule has 1 aliphatic rings. The van der Waals surface area contributed by atoms with Crippen molar-refractivity contribution < 1.29 is 23.1 Å². The second-order valence-electron chi connectivity index (χ2n) is 6.37. The first-order valence-corrected chi connectivity index (χ1v) is 9.24. The van der Waals surface area contributed by atoms with Gasteiger partial charge in [0.15, 0.2) is 0 Å². The summed E-state index contributed by atoms with van der Waals surface area (Å²) >= 11 is 0. The Hall–Kier alpha value is -1.93. The number of rotatable bonds is 5. The highest BCUT2D eigenvalue weighted by Crippen LogP contribution is 2.26. The van der Waals surface area contributed by atoms with Crippen LogP contribution in [0.25, 0.3) is 0 Å². The van der Waals surface area contributed by atoms with Gasteiger partial charge in [0.05, 0.1) is 4.90 Å². The van der Waals surface area contributed by atoms with E-state index in [1.165, 1.54) is 28.6 Å². The van der Waals surface area contributed by atoms with Crippen molar-refractivity contribution in [1.29, 1.82) is 0 Å². The summed E-state index contributed by atoms with van der Waals surface area (Å²) in [5.41, 5.74) is 0.218. The van der Waals surface area contributed by atoms with Crippen molar-refractivity contribution in [2.24, 2.45) is 11.8 Å². The third kappa shape index (κ3) is 4.33. The number of hydrogen-bond donors (Lipinski definition) is 2. The number of carbonyl (C=O) groups is 2. The van der Waals surface area contributed by atoms with Crippen LogP contribution in [0.5, 0.6) is 0 Å². The second kappa shape index (κ2) is 7.31. The smallest absolute Gasteiger partial charge is 0.322 e. The third-order valence-electron chi connectivity index (χ3n) is 3.99. The zero-order valence-corrected chi connectivity index (χ0v) is 14.5. The molecule has 2 atom stereocenters. The van der Waals surface area contributed by atoms with Gasteiger partial charge in [-0.1, -0.05) is 13.8 Å². The Morgan fingerprint density at radius 3 is 2.21 bits per heavy atom. The fraction of sp³-hybridized carbons (Fsp3) is 0.500. The molecule has 24 heavy (non-hydrogen) atoms. The number of carboxylic acids is 1. The van der Waals surface area contributed by atoms with Crippen molar-refractivity contribution >= 4 is 21.9 Å². The van der Waals surface area contributed by atoms with Crippen LogP contribution in [0.4, 0.5) is 0 Å². The average Bonchev–Trinajstić information content (AvgIpc) is 2.51. The molecule has 1 saturated heterocycles. The van der Waals surface area contributed by atoms with E-state index < -0.39 is 28.4 Å². The molecule has 2 unspecified atom stereocenters. The van der Waals surface area contributed by atoms with Gasteiger partial charge in [-0.3, -0.25) is 9.59 Å². The molecule has 1 amide bonds. The summed E-state index contributed by atoms with van der Waals surface area (Å²) in [5.74, 6) is -1.08. The SMILES string of the molecule is CC1CC(C)CN(S(=O)(=O)c2ccc(C(=O)NCC(=O)O)cc2)C1. The minimum Gasteiger partial charge on any atom is -0.480 e. The van der Waals surface area contributed by atoms with Gasteiger partial charge in [-0.05, 0) is 42.5 Å². The monoisotopic (exact) mass is 354 g/mol. The van der Waals surface area contributed by atoms with Crippen molar-refractivity contribution in [2.45, 2.75) is 25.2 Å². The van der Waals surface area contributed by atoms with E-state index in [4.69, 9.17) is 5.11 Å². The van der Waals surface area contributed by atoms with Crippen molar-refractivity contribution in [3.63, 3.8) is 0 Å². The molecule has 2 N–H and O–H groups in total. The standard InChI is InChI=1S/C16H22N2O5S/c1-11-7-12(2)10-18(9-11)24(22,23)14-5-3-13(4-6-14)16(21)17-8-15(19)20/h3-6,11-12H,7-10H2,1-2H3,(H,17,21)(H,19,20). The van der Waals surface area contributed by atoms with Crippen molar-refractivity contribution in [3.8, 4) is 0 Å². The summed E-state index contributed by atoms with van der Waals surface area (Å²) in [6.07, 6.45) is 1.01. The molecule has 8 heteroatoms. The van der Waals surface area contributed by atoms with Crippen molar-refractivity contribution in [1.82, 2.24) is 9.62 Å². The van der Waals surface area contributed by atoms with Gasteiger partial charge in [-0.25, -0.2) is 8.42 Å². The van der Waals surface area contributed by atoms with E-state index in [1.54, 1.807) is 0 Å². The minimum absolute atomic E-state index is 0.138. The maximum atomic E-state index is 12.7. The van der Waals surface area contributed by atoms with Gasteiger partial charge >= 0.3 is 5.97 Å². The first-order chi connectivity index (χ1) is 11.2. The average molecular weight is 354 g/mol. The number of hydrogen-bond acceptors (Lipinski definition) is 4. The van der Waals surface area contributed by atoms with Crippen LogP contribution in [0.15, 0.2) is 29.2 Å². The molecule has 1 aromatic rings. The number of piperidine rings is 1. The molecule has 2 rings (SSSR count). The first kappa shape index (κ1) is 18.4. The summed E-state index contributed by atoms with van der Waals surface area (Å²) < 4.78 is 26.9. The quantitative estimate of drug-likeness (QED) is 0.826. The molecule has 0 aromatic heterocycles. The van der Waals surface area contributed by atoms with E-state index in [0.29, 0.717) is 24.9 Å². The summed E-state index contributed by atoms with van der Waals surface area (Å²) in [7, 11) is -3.59. The molecule has 0 saturated carbocycles. The Bertz CT molecular complexity index is 704. The normalized spacial score (nSPS) is 22.1. The number of sulfonamides is 1. The zero-order chi connectivity index (χ0) is 17.9. The maximum absolute atomic E-state index is 12.7. The van der Waals surface area contributed by atoms with Crippen LogP contribution in [-0.4, -0.2) is 49.3 Å². The highest BCUT2D eigenvalue weighted by Gasteiger charge is 2.31. The number of amides is 1. The van der Waals surface area contributed by atoms with Gasteiger partial charge in [0.2, 0.25) is 10.0 Å². The summed E-state index contributed by atoms with van der Waals surface area (Å²) in [6, 6.07) is 5.55. The van der Waals surface area contributed by atoms with Gasteiger partial charge in [0.1, 0.15) is 6.54 Å². The van der Waals surface area contributed by atoms with Crippen LogP contribution in [0.1, 0.15) is 30.6 Å². The largest absolute Gasteiger partial charge is 0.480 e. The third-order valence-corrected chi connectivity index (χ3v) is 5.84. The van der Waals surface area contributed by atoms with E-state index in [1.807, 2.05) is 13.8 Å². The first-order valence-electron chi connectivity index (χ1n) is 7.80. The molecule has 0 spiro atoms. The summed E-state index contributed by atoms with van der Waals surface area (Å²) in [4.78, 5) is 22.4. The van der Waals surface area contributed by atoms with Crippen LogP contribution < -0.4 is 5.32 Å². The maximum Gasteiger partial charge on any atom is 0.322 e. The Labute approximate surface area is 141 Å². The van der Waals surface area contributed by atoms with Crippen molar-refractivity contribution in [3.05, 3.63) is 29.8 Å². The molecular formula is C16H22N2O5S. The summed E-state index contributed by atoms with van der Waals surface area (Å²) in [5, 5.41) is 10.8. The lowest BCUT2D eigenvalue weighted by atomic mass is 9.94. The van der Waals surface area contributed by atoms with Gasteiger partial charge < -0.3 is 10.4 Å². The topological polar surface area (TPSA) is 104 Å². The Kier molecular flexibility index (Phi) is 5.61. The van der Waals surface area contributed by atoms with Crippen LogP contribution in [-0.2, 0) is 14.8 Å². The fourth-order valence-electron chi connectivity index (χ4n) is 2.99. The molecule has 1 aromatic carbocycles. The van der Waals surface area contributed by atoms with E-state index in [2.05, 4.69) is 5.32 Å². The molecule has 132 valence electrons. The molecular weight excluding hydrogens is 332 g/mol.